The summed E-state index contributed by atoms with van der Waals surface area (Å²) in [5.41, 5.74) is 2.67. The summed E-state index contributed by atoms with van der Waals surface area (Å²) >= 11 is 0. The summed E-state index contributed by atoms with van der Waals surface area (Å²) in [6.07, 6.45) is 2.17. The normalized spacial score (nSPS) is 11.8. The van der Waals surface area contributed by atoms with Gasteiger partial charge in [-0.25, -0.2) is 0 Å². The number of hydrogen-bond acceptors (Lipinski definition) is 3. The lowest BCUT2D eigenvalue weighted by Gasteiger charge is -2.22. The summed E-state index contributed by atoms with van der Waals surface area (Å²) in [5, 5.41) is 3.76. The predicted molar refractivity (Wildman–Crippen MR) is 114 cm³/mol. The molecule has 0 saturated heterocycles. The van der Waals surface area contributed by atoms with E-state index in [2.05, 4.69) is 66.5 Å². The van der Waals surface area contributed by atoms with Crippen molar-refractivity contribution in [2.24, 2.45) is 0 Å². The van der Waals surface area contributed by atoms with Crippen molar-refractivity contribution in [2.75, 3.05) is 33.3 Å². The summed E-state index contributed by atoms with van der Waals surface area (Å²) in [4.78, 5) is 2.47. The minimum absolute atomic E-state index is 0. The zero-order valence-corrected chi connectivity index (χ0v) is 17.1. The van der Waals surface area contributed by atoms with E-state index in [4.69, 9.17) is 4.74 Å². The van der Waals surface area contributed by atoms with Crippen LogP contribution in [-0.4, -0.2) is 38.2 Å². The Kier molecular flexibility index (Phi) is 11.0. The van der Waals surface area contributed by atoms with Crippen molar-refractivity contribution < 1.29 is 4.74 Å². The van der Waals surface area contributed by atoms with Crippen molar-refractivity contribution in [3.8, 4) is 5.75 Å². The summed E-state index contributed by atoms with van der Waals surface area (Å²) in [5.74, 6) is 0.906. The summed E-state index contributed by atoms with van der Waals surface area (Å²) in [6, 6.07) is 19.5. The van der Waals surface area contributed by atoms with Crippen molar-refractivity contribution in [1.29, 1.82) is 0 Å². The van der Waals surface area contributed by atoms with Gasteiger partial charge in [-0.05, 0) is 62.3 Å². The summed E-state index contributed by atoms with van der Waals surface area (Å²) in [6.45, 7) is 8.89. The molecule has 3 nitrogen and oxygen atoms in total. The van der Waals surface area contributed by atoms with Crippen LogP contribution in [0.15, 0.2) is 54.6 Å². The third-order valence-corrected chi connectivity index (χ3v) is 4.74. The lowest BCUT2D eigenvalue weighted by molar-refractivity contribution is 0.295. The SMILES string of the molecule is CCN(CC)CCCNC(Cc1ccccc1)c1ccc(OC)cc1.Cl. The lowest BCUT2D eigenvalue weighted by atomic mass is 9.98. The van der Waals surface area contributed by atoms with Crippen LogP contribution < -0.4 is 10.1 Å². The minimum Gasteiger partial charge on any atom is -0.497 e. The molecule has 0 amide bonds. The van der Waals surface area contributed by atoms with Gasteiger partial charge in [0.05, 0.1) is 7.11 Å². The van der Waals surface area contributed by atoms with Gasteiger partial charge in [-0.3, -0.25) is 0 Å². The van der Waals surface area contributed by atoms with Gasteiger partial charge in [0.1, 0.15) is 5.75 Å². The maximum atomic E-state index is 5.29. The second-order valence-corrected chi connectivity index (χ2v) is 6.35. The van der Waals surface area contributed by atoms with E-state index in [1.807, 2.05) is 12.1 Å². The first-order valence-corrected chi connectivity index (χ1v) is 9.40. The first-order chi connectivity index (χ1) is 12.3. The topological polar surface area (TPSA) is 24.5 Å². The van der Waals surface area contributed by atoms with Gasteiger partial charge in [0.25, 0.3) is 0 Å². The van der Waals surface area contributed by atoms with Crippen LogP contribution in [0.5, 0.6) is 5.75 Å². The zero-order valence-electron chi connectivity index (χ0n) is 16.3. The highest BCUT2D eigenvalue weighted by Gasteiger charge is 2.12. The maximum Gasteiger partial charge on any atom is 0.118 e. The highest BCUT2D eigenvalue weighted by molar-refractivity contribution is 5.85. The molecule has 0 aliphatic rings. The smallest absolute Gasteiger partial charge is 0.118 e. The Morgan fingerprint density at radius 1 is 0.962 bits per heavy atom. The molecule has 0 heterocycles. The molecular weight excluding hydrogens is 344 g/mol. The number of nitrogens with zero attached hydrogens (tertiary/aromatic N) is 1. The van der Waals surface area contributed by atoms with Crippen LogP contribution in [0.4, 0.5) is 0 Å². The van der Waals surface area contributed by atoms with Crippen LogP contribution in [0.3, 0.4) is 0 Å². The molecule has 0 spiro atoms. The van der Waals surface area contributed by atoms with Gasteiger partial charge in [0.15, 0.2) is 0 Å². The standard InChI is InChI=1S/C22H32N2O.ClH/c1-4-24(5-2)17-9-16-23-22(18-19-10-7-6-8-11-19)20-12-14-21(25-3)15-13-20;/h6-8,10-15,22-23H,4-5,9,16-18H2,1-3H3;1H. The highest BCUT2D eigenvalue weighted by atomic mass is 35.5. The predicted octanol–water partition coefficient (Wildman–Crippen LogP) is 4.72. The molecule has 2 aromatic rings. The Morgan fingerprint density at radius 3 is 2.19 bits per heavy atom. The average Bonchev–Trinajstić information content (AvgIpc) is 2.68. The monoisotopic (exact) mass is 376 g/mol. The molecule has 4 heteroatoms. The Morgan fingerprint density at radius 2 is 1.62 bits per heavy atom. The summed E-state index contributed by atoms with van der Waals surface area (Å²) < 4.78 is 5.29. The molecular formula is C22H33ClN2O. The Bertz CT molecular complexity index is 585. The minimum atomic E-state index is 0. The number of halogens is 1. The number of rotatable bonds is 11. The molecule has 26 heavy (non-hydrogen) atoms. The number of benzene rings is 2. The van der Waals surface area contributed by atoms with Crippen LogP contribution in [0.25, 0.3) is 0 Å². The second kappa shape index (κ2) is 12.7. The second-order valence-electron chi connectivity index (χ2n) is 6.35. The van der Waals surface area contributed by atoms with Gasteiger partial charge >= 0.3 is 0 Å². The molecule has 2 rings (SSSR count). The first-order valence-electron chi connectivity index (χ1n) is 9.40. The molecule has 1 N–H and O–H groups in total. The quantitative estimate of drug-likeness (QED) is 0.574. The number of ether oxygens (including phenoxy) is 1. The van der Waals surface area contributed by atoms with Crippen molar-refractivity contribution in [2.45, 2.75) is 32.7 Å². The van der Waals surface area contributed by atoms with Gasteiger partial charge in [-0.1, -0.05) is 56.3 Å². The van der Waals surface area contributed by atoms with E-state index < -0.39 is 0 Å². The first kappa shape index (κ1) is 22.5. The van der Waals surface area contributed by atoms with Crippen molar-refractivity contribution in [3.05, 3.63) is 65.7 Å². The third-order valence-electron chi connectivity index (χ3n) is 4.74. The van der Waals surface area contributed by atoms with Crippen molar-refractivity contribution >= 4 is 12.4 Å². The van der Waals surface area contributed by atoms with Gasteiger partial charge < -0.3 is 15.0 Å². The van der Waals surface area contributed by atoms with E-state index in [1.54, 1.807) is 7.11 Å². The molecule has 0 aliphatic carbocycles. The van der Waals surface area contributed by atoms with Crippen molar-refractivity contribution in [1.82, 2.24) is 10.2 Å². The molecule has 2 aromatic carbocycles. The Labute approximate surface area is 165 Å². The molecule has 0 aromatic heterocycles. The van der Waals surface area contributed by atoms with E-state index >= 15 is 0 Å². The number of methoxy groups -OCH3 is 1. The molecule has 0 aliphatic heterocycles. The number of hydrogen-bond donors (Lipinski definition) is 1. The van der Waals surface area contributed by atoms with Gasteiger partial charge in [-0.15, -0.1) is 12.4 Å². The van der Waals surface area contributed by atoms with E-state index in [0.717, 1.165) is 38.3 Å². The fourth-order valence-corrected chi connectivity index (χ4v) is 3.11. The van der Waals surface area contributed by atoms with Gasteiger partial charge in [-0.2, -0.15) is 0 Å². The molecule has 1 unspecified atom stereocenters. The fourth-order valence-electron chi connectivity index (χ4n) is 3.11. The van der Waals surface area contributed by atoms with Crippen LogP contribution in [0, 0.1) is 0 Å². The Hall–Kier alpha value is -1.55. The largest absolute Gasteiger partial charge is 0.497 e. The highest BCUT2D eigenvalue weighted by Crippen LogP contribution is 2.21. The maximum absolute atomic E-state index is 5.29. The molecule has 0 fully saturated rings. The number of nitrogens with one attached hydrogen (secondary N) is 1. The fraction of sp³-hybridized carbons (Fsp3) is 0.455. The molecule has 0 bridgehead atoms. The van der Waals surface area contributed by atoms with Crippen LogP contribution in [0.1, 0.15) is 37.4 Å². The third kappa shape index (κ3) is 7.36. The molecule has 144 valence electrons. The molecule has 1 atom stereocenters. The van der Waals surface area contributed by atoms with E-state index in [0.29, 0.717) is 6.04 Å². The summed E-state index contributed by atoms with van der Waals surface area (Å²) in [7, 11) is 1.71. The van der Waals surface area contributed by atoms with E-state index in [9.17, 15) is 0 Å². The average molecular weight is 377 g/mol. The van der Waals surface area contributed by atoms with E-state index in [1.165, 1.54) is 17.5 Å². The Balaban J connectivity index is 0.00000338. The molecule has 0 radical (unpaired) electrons. The van der Waals surface area contributed by atoms with E-state index in [-0.39, 0.29) is 12.4 Å². The van der Waals surface area contributed by atoms with Crippen LogP contribution >= 0.6 is 12.4 Å². The van der Waals surface area contributed by atoms with Crippen molar-refractivity contribution in [3.63, 3.8) is 0 Å². The van der Waals surface area contributed by atoms with Crippen LogP contribution in [0.2, 0.25) is 0 Å². The van der Waals surface area contributed by atoms with Crippen LogP contribution in [-0.2, 0) is 6.42 Å². The molecule has 0 saturated carbocycles. The van der Waals surface area contributed by atoms with Gasteiger partial charge in [0.2, 0.25) is 0 Å². The lowest BCUT2D eigenvalue weighted by Crippen LogP contribution is -2.29. The zero-order chi connectivity index (χ0) is 17.9. The van der Waals surface area contributed by atoms with Gasteiger partial charge in [0, 0.05) is 6.04 Å².